The van der Waals surface area contributed by atoms with Gasteiger partial charge in [0.15, 0.2) is 0 Å². The van der Waals surface area contributed by atoms with Crippen LogP contribution in [-0.4, -0.2) is 5.91 Å². The number of carbonyl (C=O) groups is 1. The topological polar surface area (TPSA) is 43.1 Å². The number of hydrogen-bond acceptors (Lipinski definition) is 1. The number of nitrogens with two attached hydrogens (primary N) is 1. The number of rotatable bonds is 2. The minimum Gasteiger partial charge on any atom is -0.369 e. The molecule has 0 aromatic carbocycles. The van der Waals surface area contributed by atoms with Crippen molar-refractivity contribution in [2.24, 2.45) is 23.0 Å². The van der Waals surface area contributed by atoms with E-state index in [2.05, 4.69) is 6.58 Å². The zero-order valence-electron chi connectivity index (χ0n) is 6.42. The molecule has 0 radical (unpaired) electrons. The Morgan fingerprint density at radius 2 is 2.20 bits per heavy atom. The average Bonchev–Trinajstić information content (AvgIpc) is 2.33. The van der Waals surface area contributed by atoms with Crippen LogP contribution in [0.5, 0.6) is 0 Å². The van der Waals surface area contributed by atoms with Crippen LogP contribution >= 0.6 is 0 Å². The van der Waals surface area contributed by atoms with Crippen LogP contribution in [-0.2, 0) is 4.79 Å². The monoisotopic (exact) mass is 139 g/mol. The van der Waals surface area contributed by atoms with Gasteiger partial charge < -0.3 is 5.73 Å². The highest BCUT2D eigenvalue weighted by atomic mass is 16.1. The predicted octanol–water partition coefficient (Wildman–Crippen LogP) is 0.930. The van der Waals surface area contributed by atoms with Crippen LogP contribution in [0.4, 0.5) is 0 Å². The van der Waals surface area contributed by atoms with Gasteiger partial charge in [-0.1, -0.05) is 19.9 Å². The lowest BCUT2D eigenvalue weighted by molar-refractivity contribution is -0.119. The molecule has 1 saturated carbocycles. The first kappa shape index (κ1) is 7.32. The van der Waals surface area contributed by atoms with Gasteiger partial charge in [0.05, 0.1) is 5.92 Å². The van der Waals surface area contributed by atoms with Crippen LogP contribution in [0.1, 0.15) is 13.8 Å². The number of carbonyl (C=O) groups excluding carboxylic acids is 1. The lowest BCUT2D eigenvalue weighted by Crippen LogP contribution is -2.16. The summed E-state index contributed by atoms with van der Waals surface area (Å²) < 4.78 is 0. The fourth-order valence-corrected chi connectivity index (χ4v) is 1.66. The summed E-state index contributed by atoms with van der Waals surface area (Å²) in [7, 11) is 0. The lowest BCUT2D eigenvalue weighted by Gasteiger charge is -1.96. The molecule has 0 heterocycles. The molecule has 2 atom stereocenters. The quantitative estimate of drug-likeness (QED) is 0.568. The van der Waals surface area contributed by atoms with E-state index in [9.17, 15) is 4.79 Å². The Morgan fingerprint density at radius 3 is 2.30 bits per heavy atom. The summed E-state index contributed by atoms with van der Waals surface area (Å²) in [4.78, 5) is 10.7. The molecule has 0 bridgehead atoms. The first-order chi connectivity index (χ1) is 4.51. The van der Waals surface area contributed by atoms with Crippen molar-refractivity contribution in [3.05, 3.63) is 12.7 Å². The van der Waals surface area contributed by atoms with Gasteiger partial charge in [-0.15, -0.1) is 6.58 Å². The van der Waals surface area contributed by atoms with Crippen molar-refractivity contribution in [2.75, 3.05) is 0 Å². The van der Waals surface area contributed by atoms with E-state index < -0.39 is 0 Å². The summed E-state index contributed by atoms with van der Waals surface area (Å²) in [6.07, 6.45) is 1.81. The molecule has 0 aromatic heterocycles. The lowest BCUT2D eigenvalue weighted by atomic mass is 10.1. The molecule has 2 heteroatoms. The van der Waals surface area contributed by atoms with E-state index in [1.54, 1.807) is 0 Å². The molecule has 2 nitrogen and oxygen atoms in total. The highest BCUT2D eigenvalue weighted by Gasteiger charge is 2.59. The van der Waals surface area contributed by atoms with Crippen LogP contribution in [0.3, 0.4) is 0 Å². The van der Waals surface area contributed by atoms with Gasteiger partial charge in [-0.25, -0.2) is 0 Å². The van der Waals surface area contributed by atoms with E-state index in [1.807, 2.05) is 19.9 Å². The summed E-state index contributed by atoms with van der Waals surface area (Å²) in [5.41, 5.74) is 5.22. The molecule has 1 aliphatic carbocycles. The number of primary amides is 1. The minimum absolute atomic E-state index is 0.0185. The molecule has 0 unspecified atom stereocenters. The molecule has 1 aliphatic rings. The van der Waals surface area contributed by atoms with Crippen molar-refractivity contribution in [1.82, 2.24) is 0 Å². The first-order valence-electron chi connectivity index (χ1n) is 3.43. The number of amides is 1. The fraction of sp³-hybridized carbons (Fsp3) is 0.625. The second-order valence-electron chi connectivity index (χ2n) is 3.46. The summed E-state index contributed by atoms with van der Waals surface area (Å²) in [5.74, 6) is 0.116. The number of hydrogen-bond donors (Lipinski definition) is 1. The van der Waals surface area contributed by atoms with Gasteiger partial charge in [-0.2, -0.15) is 0 Å². The van der Waals surface area contributed by atoms with E-state index in [4.69, 9.17) is 5.73 Å². The van der Waals surface area contributed by atoms with Crippen LogP contribution < -0.4 is 5.73 Å². The Bertz CT molecular complexity index is 184. The highest BCUT2D eigenvalue weighted by molar-refractivity contribution is 5.81. The summed E-state index contributed by atoms with van der Waals surface area (Å²) in [5, 5.41) is 0. The van der Waals surface area contributed by atoms with E-state index in [1.165, 1.54) is 0 Å². The largest absolute Gasteiger partial charge is 0.369 e. The molecule has 1 amide bonds. The summed E-state index contributed by atoms with van der Waals surface area (Å²) >= 11 is 0. The minimum atomic E-state index is -0.199. The molecule has 1 fully saturated rings. The molecule has 56 valence electrons. The molecule has 0 aliphatic heterocycles. The fourth-order valence-electron chi connectivity index (χ4n) is 1.66. The Labute approximate surface area is 61.1 Å². The van der Waals surface area contributed by atoms with Gasteiger partial charge in [-0.3, -0.25) is 4.79 Å². The van der Waals surface area contributed by atoms with Crippen molar-refractivity contribution < 1.29 is 4.79 Å². The maximum atomic E-state index is 10.7. The van der Waals surface area contributed by atoms with Crippen molar-refractivity contribution in [3.8, 4) is 0 Å². The second kappa shape index (κ2) is 1.84. The molecule has 0 spiro atoms. The zero-order chi connectivity index (χ0) is 7.94. The Morgan fingerprint density at radius 1 is 1.70 bits per heavy atom. The normalized spacial score (nSPS) is 35.0. The zero-order valence-corrected chi connectivity index (χ0v) is 6.42. The molecule has 2 N–H and O–H groups in total. The molecule has 1 rings (SSSR count). The Balaban J connectivity index is 2.70. The first-order valence-corrected chi connectivity index (χ1v) is 3.43. The third-order valence-electron chi connectivity index (χ3n) is 2.47. The van der Waals surface area contributed by atoms with Gasteiger partial charge in [0.1, 0.15) is 0 Å². The molecule has 10 heavy (non-hydrogen) atoms. The van der Waals surface area contributed by atoms with Crippen molar-refractivity contribution in [3.63, 3.8) is 0 Å². The Kier molecular flexibility index (Phi) is 1.35. The third kappa shape index (κ3) is 0.753. The van der Waals surface area contributed by atoms with Gasteiger partial charge in [0, 0.05) is 0 Å². The predicted molar refractivity (Wildman–Crippen MR) is 40.2 cm³/mol. The van der Waals surface area contributed by atoms with E-state index in [0.717, 1.165) is 0 Å². The van der Waals surface area contributed by atoms with Crippen LogP contribution in [0.15, 0.2) is 12.7 Å². The molecular formula is C8H13NO. The van der Waals surface area contributed by atoms with Crippen LogP contribution in [0.25, 0.3) is 0 Å². The molecule has 0 saturated heterocycles. The standard InChI is InChI=1S/C8H13NO/c1-4-5-6(7(9)10)8(5,2)3/h4-6H,1H2,2-3H3,(H2,9,10)/t5-,6+/m1/s1. The van der Waals surface area contributed by atoms with Gasteiger partial charge in [0.25, 0.3) is 0 Å². The van der Waals surface area contributed by atoms with E-state index in [0.29, 0.717) is 5.92 Å². The summed E-state index contributed by atoms with van der Waals surface area (Å²) in [6, 6.07) is 0. The van der Waals surface area contributed by atoms with Crippen molar-refractivity contribution in [1.29, 1.82) is 0 Å². The molecule has 0 aromatic rings. The molecular weight excluding hydrogens is 126 g/mol. The van der Waals surface area contributed by atoms with Crippen molar-refractivity contribution >= 4 is 5.91 Å². The van der Waals surface area contributed by atoms with E-state index >= 15 is 0 Å². The van der Waals surface area contributed by atoms with E-state index in [-0.39, 0.29) is 17.2 Å². The maximum Gasteiger partial charge on any atom is 0.221 e. The Hall–Kier alpha value is -0.790. The van der Waals surface area contributed by atoms with Gasteiger partial charge in [-0.05, 0) is 11.3 Å². The highest BCUT2D eigenvalue weighted by Crippen LogP contribution is 2.58. The smallest absolute Gasteiger partial charge is 0.221 e. The van der Waals surface area contributed by atoms with Gasteiger partial charge >= 0.3 is 0 Å². The maximum absolute atomic E-state index is 10.7. The average molecular weight is 139 g/mol. The number of allylic oxidation sites excluding steroid dienone is 1. The van der Waals surface area contributed by atoms with Crippen molar-refractivity contribution in [2.45, 2.75) is 13.8 Å². The second-order valence-corrected chi connectivity index (χ2v) is 3.46. The van der Waals surface area contributed by atoms with Crippen LogP contribution in [0, 0.1) is 17.3 Å². The summed E-state index contributed by atoms with van der Waals surface area (Å²) in [6.45, 7) is 7.72. The van der Waals surface area contributed by atoms with Crippen LogP contribution in [0.2, 0.25) is 0 Å². The SMILES string of the molecule is C=C[C@@H]1[C@@H](C(N)=O)C1(C)C. The third-order valence-corrected chi connectivity index (χ3v) is 2.47. The van der Waals surface area contributed by atoms with Gasteiger partial charge in [0.2, 0.25) is 5.91 Å².